The van der Waals surface area contributed by atoms with E-state index >= 15 is 0 Å². The summed E-state index contributed by atoms with van der Waals surface area (Å²) in [7, 11) is 0. The number of phenolic OH excluding ortho intramolecular Hbond substituents is 1. The normalized spacial score (nSPS) is 11.6. The number of aliphatic imine (C=N–C) groups is 1. The molecule has 0 saturated heterocycles. The third-order valence-electron chi connectivity index (χ3n) is 5.46. The van der Waals surface area contributed by atoms with Gasteiger partial charge in [0.25, 0.3) is 0 Å². The number of phenols is 1. The van der Waals surface area contributed by atoms with Crippen molar-refractivity contribution in [2.45, 2.75) is 12.1 Å². The van der Waals surface area contributed by atoms with Crippen molar-refractivity contribution in [1.29, 1.82) is 0 Å². The van der Waals surface area contributed by atoms with Crippen molar-refractivity contribution in [3.8, 4) is 5.75 Å². The molecular weight excluding hydrogens is 380 g/mol. The Labute approximate surface area is 183 Å². The van der Waals surface area contributed by atoms with Gasteiger partial charge in [0.1, 0.15) is 5.75 Å². The van der Waals surface area contributed by atoms with Crippen LogP contribution in [0, 0.1) is 0 Å². The molecule has 0 heterocycles. The third-order valence-corrected chi connectivity index (χ3v) is 5.46. The lowest BCUT2D eigenvalue weighted by Crippen LogP contribution is -2.45. The van der Waals surface area contributed by atoms with Crippen LogP contribution < -0.4 is 5.32 Å². The number of nitrogens with one attached hydrogen (secondary N) is 1. The molecule has 0 aliphatic heterocycles. The van der Waals surface area contributed by atoms with Crippen molar-refractivity contribution >= 4 is 6.21 Å². The molecule has 4 aromatic rings. The standard InChI is InChI=1S/C28H26N2O/c31-27-19-11-10-12-23(27)22-29-20-21-30-28(24-13-4-1-5-14-24,25-15-6-2-7-16-25)26-17-8-3-9-18-26/h1-20,30-31H,21-22H2. The second-order valence-electron chi connectivity index (χ2n) is 7.38. The van der Waals surface area contributed by atoms with Crippen LogP contribution in [0.4, 0.5) is 0 Å². The molecule has 0 aliphatic carbocycles. The molecular formula is C28H26N2O. The van der Waals surface area contributed by atoms with Crippen LogP contribution in [0.1, 0.15) is 22.3 Å². The van der Waals surface area contributed by atoms with Crippen LogP contribution in [0.2, 0.25) is 0 Å². The predicted molar refractivity (Wildman–Crippen MR) is 128 cm³/mol. The van der Waals surface area contributed by atoms with Gasteiger partial charge in [-0.05, 0) is 22.8 Å². The highest BCUT2D eigenvalue weighted by atomic mass is 16.3. The van der Waals surface area contributed by atoms with E-state index < -0.39 is 5.54 Å². The second kappa shape index (κ2) is 9.88. The fourth-order valence-corrected chi connectivity index (χ4v) is 3.94. The van der Waals surface area contributed by atoms with Gasteiger partial charge in [-0.3, -0.25) is 10.3 Å². The average Bonchev–Trinajstić information content (AvgIpc) is 2.84. The Morgan fingerprint density at radius 3 is 1.58 bits per heavy atom. The smallest absolute Gasteiger partial charge is 0.120 e. The lowest BCUT2D eigenvalue weighted by Gasteiger charge is -2.36. The summed E-state index contributed by atoms with van der Waals surface area (Å²) in [6, 6.07) is 38.8. The summed E-state index contributed by atoms with van der Waals surface area (Å²) in [5.74, 6) is 0.278. The van der Waals surface area contributed by atoms with Crippen LogP contribution in [0.5, 0.6) is 5.75 Å². The Bertz CT molecular complexity index is 1010. The Morgan fingerprint density at radius 1 is 0.645 bits per heavy atom. The molecule has 0 unspecified atom stereocenters. The maximum absolute atomic E-state index is 9.95. The van der Waals surface area contributed by atoms with Crippen LogP contribution in [-0.2, 0) is 12.1 Å². The van der Waals surface area contributed by atoms with Gasteiger partial charge >= 0.3 is 0 Å². The van der Waals surface area contributed by atoms with Crippen LogP contribution in [0.3, 0.4) is 0 Å². The molecule has 3 nitrogen and oxygen atoms in total. The van der Waals surface area contributed by atoms with E-state index in [0.29, 0.717) is 13.1 Å². The summed E-state index contributed by atoms with van der Waals surface area (Å²) in [6.45, 7) is 1.02. The van der Waals surface area contributed by atoms with Crippen molar-refractivity contribution < 1.29 is 5.11 Å². The molecule has 0 saturated carbocycles. The summed E-state index contributed by atoms with van der Waals surface area (Å²) in [5.41, 5.74) is 3.81. The maximum Gasteiger partial charge on any atom is 0.120 e. The lowest BCUT2D eigenvalue weighted by molar-refractivity contribution is 0.468. The first-order valence-electron chi connectivity index (χ1n) is 10.5. The van der Waals surface area contributed by atoms with Gasteiger partial charge in [0.2, 0.25) is 0 Å². The summed E-state index contributed by atoms with van der Waals surface area (Å²) < 4.78 is 0. The molecule has 0 spiro atoms. The number of benzene rings is 4. The predicted octanol–water partition coefficient (Wildman–Crippen LogP) is 5.54. The number of aromatic hydroxyl groups is 1. The molecule has 0 fully saturated rings. The zero-order valence-electron chi connectivity index (χ0n) is 17.4. The molecule has 154 valence electrons. The zero-order valence-corrected chi connectivity index (χ0v) is 17.4. The molecule has 0 amide bonds. The van der Waals surface area contributed by atoms with E-state index in [-0.39, 0.29) is 5.75 Å². The minimum Gasteiger partial charge on any atom is -0.508 e. The van der Waals surface area contributed by atoms with Crippen molar-refractivity contribution in [2.24, 2.45) is 4.99 Å². The molecule has 2 N–H and O–H groups in total. The van der Waals surface area contributed by atoms with Crippen LogP contribution >= 0.6 is 0 Å². The highest BCUT2D eigenvalue weighted by Gasteiger charge is 2.35. The Hall–Kier alpha value is -3.69. The minimum absolute atomic E-state index is 0.278. The van der Waals surface area contributed by atoms with E-state index in [1.54, 1.807) is 6.07 Å². The van der Waals surface area contributed by atoms with Gasteiger partial charge in [-0.15, -0.1) is 0 Å². The van der Waals surface area contributed by atoms with E-state index in [1.165, 1.54) is 16.7 Å². The van der Waals surface area contributed by atoms with Crippen molar-refractivity contribution in [2.75, 3.05) is 6.54 Å². The van der Waals surface area contributed by atoms with Gasteiger partial charge in [-0.2, -0.15) is 0 Å². The van der Waals surface area contributed by atoms with Gasteiger partial charge in [-0.25, -0.2) is 0 Å². The van der Waals surface area contributed by atoms with Crippen molar-refractivity contribution in [3.05, 3.63) is 138 Å². The number of para-hydroxylation sites is 1. The molecule has 0 aliphatic rings. The first kappa shape index (κ1) is 20.6. The van der Waals surface area contributed by atoms with Crippen LogP contribution in [-0.4, -0.2) is 17.9 Å². The monoisotopic (exact) mass is 406 g/mol. The van der Waals surface area contributed by atoms with Crippen molar-refractivity contribution in [1.82, 2.24) is 5.32 Å². The highest BCUT2D eigenvalue weighted by Crippen LogP contribution is 2.36. The number of rotatable bonds is 8. The quantitative estimate of drug-likeness (QED) is 0.298. The summed E-state index contributed by atoms with van der Waals surface area (Å²) >= 11 is 0. The average molecular weight is 407 g/mol. The maximum atomic E-state index is 9.95. The zero-order chi connectivity index (χ0) is 21.4. The van der Waals surface area contributed by atoms with Gasteiger partial charge in [0.05, 0.1) is 12.1 Å². The topological polar surface area (TPSA) is 44.6 Å². The SMILES string of the molecule is Oc1ccccc1CN=CCNC(c1ccccc1)(c1ccccc1)c1ccccc1. The van der Waals surface area contributed by atoms with E-state index in [4.69, 9.17) is 0 Å². The van der Waals surface area contributed by atoms with Crippen molar-refractivity contribution in [3.63, 3.8) is 0 Å². The molecule has 4 aromatic carbocycles. The van der Waals surface area contributed by atoms with E-state index in [0.717, 1.165) is 5.56 Å². The fraction of sp³-hybridized carbons (Fsp3) is 0.107. The number of nitrogens with zero attached hydrogens (tertiary/aromatic N) is 1. The van der Waals surface area contributed by atoms with E-state index in [9.17, 15) is 5.11 Å². The fourth-order valence-electron chi connectivity index (χ4n) is 3.94. The summed E-state index contributed by atoms with van der Waals surface area (Å²) in [6.07, 6.45) is 1.88. The Morgan fingerprint density at radius 2 is 1.10 bits per heavy atom. The molecule has 31 heavy (non-hydrogen) atoms. The first-order chi connectivity index (χ1) is 15.3. The Kier molecular flexibility index (Phi) is 6.56. The van der Waals surface area contributed by atoms with Gasteiger partial charge in [-0.1, -0.05) is 109 Å². The summed E-state index contributed by atoms with van der Waals surface area (Å²) in [5, 5.41) is 13.7. The number of hydrogen-bond acceptors (Lipinski definition) is 3. The van der Waals surface area contributed by atoms with Gasteiger partial charge in [0, 0.05) is 18.3 Å². The molecule has 0 radical (unpaired) electrons. The van der Waals surface area contributed by atoms with Crippen LogP contribution in [0.15, 0.2) is 120 Å². The molecule has 0 atom stereocenters. The van der Waals surface area contributed by atoms with Crippen LogP contribution in [0.25, 0.3) is 0 Å². The first-order valence-corrected chi connectivity index (χ1v) is 10.5. The van der Waals surface area contributed by atoms with Gasteiger partial charge < -0.3 is 5.11 Å². The highest BCUT2D eigenvalue weighted by molar-refractivity contribution is 5.61. The minimum atomic E-state index is -0.509. The van der Waals surface area contributed by atoms with E-state index in [2.05, 4.69) is 83.1 Å². The summed E-state index contributed by atoms with van der Waals surface area (Å²) in [4.78, 5) is 4.54. The largest absolute Gasteiger partial charge is 0.508 e. The van der Waals surface area contributed by atoms with E-state index in [1.807, 2.05) is 42.6 Å². The molecule has 0 aromatic heterocycles. The lowest BCUT2D eigenvalue weighted by atomic mass is 9.77. The third kappa shape index (κ3) is 4.57. The molecule has 4 rings (SSSR count). The van der Waals surface area contributed by atoms with Gasteiger partial charge in [0.15, 0.2) is 0 Å². The molecule has 3 heteroatoms. The number of hydrogen-bond donors (Lipinski definition) is 2. The second-order valence-corrected chi connectivity index (χ2v) is 7.38. The molecule has 0 bridgehead atoms. The Balaban J connectivity index is 1.67.